The molecule has 13 nitrogen and oxygen atoms in total. The molecule has 2 aliphatic rings. The number of hydrogen-bond acceptors (Lipinski definition) is 7. The number of amides is 2. The first-order chi connectivity index (χ1) is 29.7. The smallest absolute Gasteiger partial charge is 0.270 e. The molecule has 0 radical (unpaired) electrons. The van der Waals surface area contributed by atoms with Crippen LogP contribution in [0.3, 0.4) is 0 Å². The largest absolute Gasteiger partial charge is 0.357 e. The third-order valence-corrected chi connectivity index (χ3v) is 12.1. The van der Waals surface area contributed by atoms with Crippen molar-refractivity contribution in [2.75, 3.05) is 13.6 Å². The van der Waals surface area contributed by atoms with Crippen molar-refractivity contribution in [3.05, 3.63) is 148 Å². The number of H-pyrrole nitrogens is 3. The summed E-state index contributed by atoms with van der Waals surface area (Å²) in [5, 5.41) is 19.4. The van der Waals surface area contributed by atoms with Gasteiger partial charge in [0, 0.05) is 66.2 Å². The van der Waals surface area contributed by atoms with E-state index >= 15 is 0 Å². The lowest BCUT2D eigenvalue weighted by Gasteiger charge is -2.41. The maximum absolute atomic E-state index is 14.6. The molecule has 6 N–H and O–H groups in total. The molecular weight excluding hydrogens is 772 g/mol. The van der Waals surface area contributed by atoms with Gasteiger partial charge in [-0.15, -0.1) is 0 Å². The van der Waals surface area contributed by atoms with Crippen LogP contribution in [0.4, 0.5) is 4.39 Å². The summed E-state index contributed by atoms with van der Waals surface area (Å²) in [5.74, 6) is -0.825. The standard InChI is InChI=1S/C24H24FN5O2.C23H25N5O/c1-29(24(25)8-4-9-24)15-18-12-17-7-6-16(11-19(17)27-18)14-26-23(32)20-13-22(31)30-10-3-2-5-21(30)28-20;29-23(19-5-2-6-21-20(19)14-26-28-21)25-12-16-7-8-17-10-18(27-22(17)9-16)13-24-11-15-3-1-4-15/h2-3,5-7,10-13,27H,4,8-9,14-15H2,1H3,(H,26,32);2,5-10,14-15,24,27H,1,3-4,11-13H2,(H,25,29)(H,26,28). The van der Waals surface area contributed by atoms with Crippen LogP contribution in [-0.2, 0) is 26.2 Å². The number of aromatic nitrogens is 6. The van der Waals surface area contributed by atoms with Gasteiger partial charge in [-0.1, -0.05) is 42.8 Å². The quantitative estimate of drug-likeness (QED) is 0.0667. The summed E-state index contributed by atoms with van der Waals surface area (Å²) >= 11 is 0. The minimum atomic E-state index is -1.19. The van der Waals surface area contributed by atoms with Crippen molar-refractivity contribution in [3.8, 4) is 0 Å². The molecule has 0 saturated heterocycles. The highest BCUT2D eigenvalue weighted by atomic mass is 19.1. The third-order valence-electron chi connectivity index (χ3n) is 12.1. The fourth-order valence-electron chi connectivity index (χ4n) is 8.11. The zero-order chi connectivity index (χ0) is 41.9. The van der Waals surface area contributed by atoms with Crippen molar-refractivity contribution < 1.29 is 14.0 Å². The SMILES string of the molecule is CN(Cc1cc2ccc(CNC(=O)c3cc(=O)n4ccccc4n3)cc2[nH]1)C1(F)CCC1.O=C(NCc1ccc2cc(CNCC3CCC3)[nH]c2c1)c1cccc2[nH]ncc12. The highest BCUT2D eigenvalue weighted by Crippen LogP contribution is 2.39. The molecule has 0 aliphatic heterocycles. The van der Waals surface area contributed by atoms with Gasteiger partial charge in [-0.05, 0) is 122 Å². The van der Waals surface area contributed by atoms with E-state index in [-0.39, 0.29) is 17.2 Å². The third kappa shape index (κ3) is 8.82. The minimum Gasteiger partial charge on any atom is -0.357 e. The summed E-state index contributed by atoms with van der Waals surface area (Å²) < 4.78 is 16.0. The van der Waals surface area contributed by atoms with E-state index in [9.17, 15) is 18.8 Å². The first kappa shape index (κ1) is 39.8. The number of carbonyl (C=O) groups is 2. The van der Waals surface area contributed by atoms with Crippen molar-refractivity contribution in [1.29, 1.82) is 0 Å². The molecule has 2 amide bonds. The summed E-state index contributed by atoms with van der Waals surface area (Å²) in [6.07, 6.45) is 9.53. The lowest BCUT2D eigenvalue weighted by molar-refractivity contribution is -0.0868. The van der Waals surface area contributed by atoms with E-state index in [1.165, 1.54) is 40.8 Å². The van der Waals surface area contributed by atoms with Gasteiger partial charge < -0.3 is 25.9 Å². The lowest BCUT2D eigenvalue weighted by atomic mass is 9.85. The molecule has 5 aromatic heterocycles. The Hall–Kier alpha value is -6.64. The topological polar surface area (TPSA) is 168 Å². The first-order valence-electron chi connectivity index (χ1n) is 21.0. The van der Waals surface area contributed by atoms with Crippen LogP contribution in [0.5, 0.6) is 0 Å². The molecule has 2 fully saturated rings. The van der Waals surface area contributed by atoms with Crippen LogP contribution < -0.4 is 21.5 Å². The Balaban J connectivity index is 0.000000157. The highest BCUT2D eigenvalue weighted by molar-refractivity contribution is 6.06. The predicted octanol–water partition coefficient (Wildman–Crippen LogP) is 7.25. The molecule has 10 rings (SSSR count). The van der Waals surface area contributed by atoms with Crippen LogP contribution in [0.2, 0.25) is 0 Å². The van der Waals surface area contributed by atoms with E-state index < -0.39 is 11.7 Å². The molecule has 8 aromatic rings. The van der Waals surface area contributed by atoms with E-state index in [4.69, 9.17) is 0 Å². The monoisotopic (exact) mass is 820 g/mol. The van der Waals surface area contributed by atoms with Crippen molar-refractivity contribution in [1.82, 2.24) is 50.4 Å². The van der Waals surface area contributed by atoms with Crippen LogP contribution in [0.1, 0.15) is 81.9 Å². The number of halogens is 1. The Morgan fingerprint density at radius 1 is 0.820 bits per heavy atom. The van der Waals surface area contributed by atoms with E-state index in [1.54, 1.807) is 35.5 Å². The molecule has 3 aromatic carbocycles. The summed E-state index contributed by atoms with van der Waals surface area (Å²) in [4.78, 5) is 50.3. The number of nitrogens with zero attached hydrogens (tertiary/aromatic N) is 4. The number of hydrogen-bond donors (Lipinski definition) is 6. The van der Waals surface area contributed by atoms with E-state index in [1.807, 2.05) is 49.5 Å². The second-order valence-corrected chi connectivity index (χ2v) is 16.4. The van der Waals surface area contributed by atoms with Gasteiger partial charge in [0.25, 0.3) is 17.4 Å². The Morgan fingerprint density at radius 3 is 2.25 bits per heavy atom. The number of alkyl halides is 1. The number of benzene rings is 3. The Morgan fingerprint density at radius 2 is 1.54 bits per heavy atom. The highest BCUT2D eigenvalue weighted by Gasteiger charge is 2.41. The average molecular weight is 821 g/mol. The van der Waals surface area contributed by atoms with Crippen molar-refractivity contribution in [3.63, 3.8) is 0 Å². The number of carbonyl (C=O) groups excluding carboxylic acids is 2. The van der Waals surface area contributed by atoms with Gasteiger partial charge in [0.05, 0.1) is 17.3 Å². The zero-order valence-corrected chi connectivity index (χ0v) is 34.1. The molecule has 2 aliphatic carbocycles. The molecule has 0 unspecified atom stereocenters. The number of fused-ring (bicyclic) bond motifs is 4. The van der Waals surface area contributed by atoms with E-state index in [2.05, 4.69) is 65.4 Å². The maximum atomic E-state index is 14.6. The molecule has 312 valence electrons. The molecule has 14 heteroatoms. The molecule has 61 heavy (non-hydrogen) atoms. The summed E-state index contributed by atoms with van der Waals surface area (Å²) in [6.45, 7) is 3.27. The molecular formula is C47H49FN10O3. The Kier molecular flexibility index (Phi) is 11.2. The van der Waals surface area contributed by atoms with Gasteiger partial charge in [0.15, 0.2) is 5.79 Å². The lowest BCUT2D eigenvalue weighted by Crippen LogP contribution is -2.47. The van der Waals surface area contributed by atoms with Gasteiger partial charge in [0.1, 0.15) is 11.3 Å². The second kappa shape index (κ2) is 17.1. The fourth-order valence-corrected chi connectivity index (χ4v) is 8.11. The van der Waals surface area contributed by atoms with Crippen LogP contribution in [0.25, 0.3) is 38.4 Å². The molecule has 0 spiro atoms. The average Bonchev–Trinajstić information content (AvgIpc) is 4.00. The van der Waals surface area contributed by atoms with Gasteiger partial charge in [-0.25, -0.2) is 9.37 Å². The maximum Gasteiger partial charge on any atom is 0.270 e. The Labute approximate surface area is 351 Å². The molecule has 0 atom stereocenters. The summed E-state index contributed by atoms with van der Waals surface area (Å²) in [6, 6.07) is 28.4. The van der Waals surface area contributed by atoms with Crippen molar-refractivity contribution >= 4 is 50.2 Å². The van der Waals surface area contributed by atoms with E-state index in [0.29, 0.717) is 43.7 Å². The number of nitrogens with one attached hydrogen (secondary N) is 6. The van der Waals surface area contributed by atoms with Crippen molar-refractivity contribution in [2.24, 2.45) is 5.92 Å². The summed E-state index contributed by atoms with van der Waals surface area (Å²) in [5.41, 5.74) is 7.88. The second-order valence-electron chi connectivity index (χ2n) is 16.4. The van der Waals surface area contributed by atoms with Crippen molar-refractivity contribution in [2.45, 2.75) is 70.5 Å². The van der Waals surface area contributed by atoms with Gasteiger partial charge in [-0.2, -0.15) is 5.10 Å². The van der Waals surface area contributed by atoms with Crippen LogP contribution >= 0.6 is 0 Å². The molecule has 0 bridgehead atoms. The number of pyridine rings is 1. The summed E-state index contributed by atoms with van der Waals surface area (Å²) in [7, 11) is 1.82. The zero-order valence-electron chi connectivity index (χ0n) is 34.1. The van der Waals surface area contributed by atoms with Crippen LogP contribution in [0, 0.1) is 5.92 Å². The van der Waals surface area contributed by atoms with Gasteiger partial charge in [-0.3, -0.25) is 28.8 Å². The first-order valence-corrected chi connectivity index (χ1v) is 21.0. The minimum absolute atomic E-state index is 0.0867. The Bertz CT molecular complexity index is 2920. The normalized spacial score (nSPS) is 14.8. The van der Waals surface area contributed by atoms with Crippen LogP contribution in [-0.4, -0.2) is 65.6 Å². The predicted molar refractivity (Wildman–Crippen MR) is 235 cm³/mol. The fraction of sp³-hybridized carbons (Fsp3) is 0.298. The number of aromatic amines is 3. The van der Waals surface area contributed by atoms with E-state index in [0.717, 1.165) is 69.6 Å². The number of rotatable bonds is 13. The van der Waals surface area contributed by atoms with Gasteiger partial charge in [0.2, 0.25) is 0 Å². The van der Waals surface area contributed by atoms with Crippen LogP contribution in [0.15, 0.2) is 108 Å². The molecule has 5 heterocycles. The van der Waals surface area contributed by atoms with Gasteiger partial charge >= 0.3 is 0 Å². The molecule has 2 saturated carbocycles.